The predicted octanol–water partition coefficient (Wildman–Crippen LogP) is 2.32. The summed E-state index contributed by atoms with van der Waals surface area (Å²) in [4.78, 5) is 11.1. The summed E-state index contributed by atoms with van der Waals surface area (Å²) in [6.07, 6.45) is 0. The van der Waals surface area contributed by atoms with Crippen LogP contribution in [0, 0.1) is 5.82 Å². The molecule has 0 saturated carbocycles. The highest BCUT2D eigenvalue weighted by Gasteiger charge is 2.17. The van der Waals surface area contributed by atoms with Gasteiger partial charge in [-0.25, -0.2) is 9.18 Å². The number of rotatable bonds is 2. The van der Waals surface area contributed by atoms with Gasteiger partial charge in [-0.2, -0.15) is 0 Å². The molecule has 0 atom stereocenters. The summed E-state index contributed by atoms with van der Waals surface area (Å²) in [6, 6.07) is 3.69. The van der Waals surface area contributed by atoms with Gasteiger partial charge in [-0.05, 0) is 18.2 Å². The molecule has 7 heteroatoms. The highest BCUT2D eigenvalue weighted by Crippen LogP contribution is 2.27. The third-order valence-electron chi connectivity index (χ3n) is 1.95. The summed E-state index contributed by atoms with van der Waals surface area (Å²) in [6.45, 7) is 0. The van der Waals surface area contributed by atoms with Crippen LogP contribution in [0.1, 0.15) is 10.7 Å². The monoisotopic (exact) mass is 256 g/mol. The molecule has 0 aliphatic rings. The fourth-order valence-electron chi connectivity index (χ4n) is 1.16. The topological polar surface area (TPSA) is 65.2 Å². The molecule has 0 saturated heterocycles. The zero-order valence-corrected chi connectivity index (χ0v) is 9.36. The maximum atomic E-state index is 12.8. The number of esters is 1. The molecule has 0 spiro atoms. The highest BCUT2D eigenvalue weighted by molar-refractivity contribution is 6.33. The molecule has 0 bridgehead atoms. The van der Waals surface area contributed by atoms with Crippen molar-refractivity contribution in [3.8, 4) is 11.5 Å². The Kier molecular flexibility index (Phi) is 3.06. The molecule has 2 rings (SSSR count). The number of aromatic nitrogens is 2. The van der Waals surface area contributed by atoms with Crippen LogP contribution in [0.25, 0.3) is 11.5 Å². The Balaban J connectivity index is 2.40. The van der Waals surface area contributed by atoms with E-state index in [0.29, 0.717) is 5.56 Å². The number of hydrogen-bond acceptors (Lipinski definition) is 5. The van der Waals surface area contributed by atoms with Gasteiger partial charge >= 0.3 is 11.9 Å². The van der Waals surface area contributed by atoms with E-state index >= 15 is 0 Å². The van der Waals surface area contributed by atoms with E-state index in [1.165, 1.54) is 19.2 Å². The molecule has 0 amide bonds. The van der Waals surface area contributed by atoms with Crippen molar-refractivity contribution in [3.05, 3.63) is 34.9 Å². The van der Waals surface area contributed by atoms with Crippen molar-refractivity contribution < 1.29 is 18.3 Å². The van der Waals surface area contributed by atoms with Crippen LogP contribution in [0.3, 0.4) is 0 Å². The Morgan fingerprint density at radius 2 is 2.24 bits per heavy atom. The lowest BCUT2D eigenvalue weighted by Crippen LogP contribution is -2.00. The molecule has 0 aliphatic carbocycles. The molecular formula is C10H6ClFN2O3. The second kappa shape index (κ2) is 4.50. The van der Waals surface area contributed by atoms with E-state index in [-0.39, 0.29) is 16.8 Å². The second-order valence-electron chi connectivity index (χ2n) is 3.03. The Hall–Kier alpha value is -1.95. The predicted molar refractivity (Wildman–Crippen MR) is 56.0 cm³/mol. The van der Waals surface area contributed by atoms with Crippen LogP contribution in [-0.2, 0) is 4.74 Å². The molecule has 17 heavy (non-hydrogen) atoms. The van der Waals surface area contributed by atoms with E-state index in [0.717, 1.165) is 6.07 Å². The van der Waals surface area contributed by atoms with Crippen molar-refractivity contribution in [2.75, 3.05) is 7.11 Å². The van der Waals surface area contributed by atoms with Crippen LogP contribution in [0.5, 0.6) is 0 Å². The summed E-state index contributed by atoms with van der Waals surface area (Å²) >= 11 is 5.80. The zero-order chi connectivity index (χ0) is 12.4. The lowest BCUT2D eigenvalue weighted by atomic mass is 10.2. The zero-order valence-electron chi connectivity index (χ0n) is 8.61. The first-order valence-corrected chi connectivity index (χ1v) is 4.87. The maximum absolute atomic E-state index is 12.8. The highest BCUT2D eigenvalue weighted by atomic mass is 35.5. The van der Waals surface area contributed by atoms with Gasteiger partial charge in [0.05, 0.1) is 17.7 Å². The first-order valence-electron chi connectivity index (χ1n) is 4.49. The molecule has 0 aliphatic heterocycles. The molecule has 1 aromatic heterocycles. The molecule has 2 aromatic rings. The van der Waals surface area contributed by atoms with Gasteiger partial charge < -0.3 is 9.15 Å². The van der Waals surface area contributed by atoms with Gasteiger partial charge in [-0.1, -0.05) is 11.6 Å². The maximum Gasteiger partial charge on any atom is 0.396 e. The molecule has 88 valence electrons. The molecule has 1 aromatic carbocycles. The minimum Gasteiger partial charge on any atom is -0.462 e. The van der Waals surface area contributed by atoms with Crippen molar-refractivity contribution in [2.45, 2.75) is 0 Å². The second-order valence-corrected chi connectivity index (χ2v) is 3.44. The summed E-state index contributed by atoms with van der Waals surface area (Å²) in [7, 11) is 1.19. The lowest BCUT2D eigenvalue weighted by Gasteiger charge is -1.98. The van der Waals surface area contributed by atoms with Crippen LogP contribution in [-0.4, -0.2) is 23.3 Å². The van der Waals surface area contributed by atoms with E-state index in [1.54, 1.807) is 0 Å². The van der Waals surface area contributed by atoms with Gasteiger partial charge in [0.1, 0.15) is 5.82 Å². The summed E-state index contributed by atoms with van der Waals surface area (Å²) in [5.41, 5.74) is 0.343. The molecule has 1 heterocycles. The average molecular weight is 257 g/mol. The van der Waals surface area contributed by atoms with Gasteiger partial charge in [0.25, 0.3) is 0 Å². The Bertz CT molecular complexity index is 570. The van der Waals surface area contributed by atoms with Gasteiger partial charge in [0, 0.05) is 0 Å². The molecule has 0 N–H and O–H groups in total. The number of carbonyl (C=O) groups is 1. The average Bonchev–Trinajstić information content (AvgIpc) is 2.77. The number of benzene rings is 1. The third kappa shape index (κ3) is 2.26. The van der Waals surface area contributed by atoms with Gasteiger partial charge in [-0.15, -0.1) is 10.2 Å². The number of hydrogen-bond donors (Lipinski definition) is 0. The van der Waals surface area contributed by atoms with Gasteiger partial charge in [0.2, 0.25) is 5.89 Å². The Morgan fingerprint density at radius 1 is 1.47 bits per heavy atom. The standard InChI is InChI=1S/C10H6ClFN2O3/c1-16-10(15)9-14-13-8(17-9)6-3-2-5(12)4-7(6)11/h2-4H,1H3. The minimum atomic E-state index is -0.748. The minimum absolute atomic E-state index is 0.0235. The molecule has 0 unspecified atom stereocenters. The first kappa shape index (κ1) is 11.5. The number of ether oxygens (including phenoxy) is 1. The molecule has 5 nitrogen and oxygen atoms in total. The van der Waals surface area contributed by atoms with E-state index in [9.17, 15) is 9.18 Å². The van der Waals surface area contributed by atoms with E-state index < -0.39 is 11.8 Å². The van der Waals surface area contributed by atoms with E-state index in [4.69, 9.17) is 16.0 Å². The molecular weight excluding hydrogens is 251 g/mol. The van der Waals surface area contributed by atoms with Crippen molar-refractivity contribution in [2.24, 2.45) is 0 Å². The van der Waals surface area contributed by atoms with Gasteiger partial charge in [-0.3, -0.25) is 0 Å². The van der Waals surface area contributed by atoms with E-state index in [2.05, 4.69) is 14.9 Å². The number of carbonyl (C=O) groups excluding carboxylic acids is 1. The van der Waals surface area contributed by atoms with Crippen LogP contribution in [0.2, 0.25) is 5.02 Å². The summed E-state index contributed by atoms with van der Waals surface area (Å²) in [5.74, 6) is -1.49. The van der Waals surface area contributed by atoms with Crippen molar-refractivity contribution in [3.63, 3.8) is 0 Å². The fraction of sp³-hybridized carbons (Fsp3) is 0.100. The van der Waals surface area contributed by atoms with Gasteiger partial charge in [0.15, 0.2) is 0 Å². The van der Waals surface area contributed by atoms with Crippen molar-refractivity contribution >= 4 is 17.6 Å². The number of nitrogens with zero attached hydrogens (tertiary/aromatic N) is 2. The largest absolute Gasteiger partial charge is 0.462 e. The van der Waals surface area contributed by atoms with Crippen LogP contribution < -0.4 is 0 Å². The van der Waals surface area contributed by atoms with E-state index in [1.807, 2.05) is 0 Å². The number of methoxy groups -OCH3 is 1. The number of halogens is 2. The summed E-state index contributed by atoms with van der Waals surface area (Å²) < 4.78 is 22.3. The first-order chi connectivity index (χ1) is 8.11. The van der Waals surface area contributed by atoms with Crippen LogP contribution >= 0.6 is 11.6 Å². The fourth-order valence-corrected chi connectivity index (χ4v) is 1.41. The van der Waals surface area contributed by atoms with Crippen LogP contribution in [0.4, 0.5) is 4.39 Å². The Labute approximate surface area is 100 Å². The smallest absolute Gasteiger partial charge is 0.396 e. The third-order valence-corrected chi connectivity index (χ3v) is 2.26. The van der Waals surface area contributed by atoms with Crippen molar-refractivity contribution in [1.82, 2.24) is 10.2 Å². The normalized spacial score (nSPS) is 10.3. The Morgan fingerprint density at radius 3 is 2.88 bits per heavy atom. The SMILES string of the molecule is COC(=O)c1nnc(-c2ccc(F)cc2Cl)o1. The lowest BCUT2D eigenvalue weighted by molar-refractivity contribution is 0.0556. The van der Waals surface area contributed by atoms with Crippen molar-refractivity contribution in [1.29, 1.82) is 0 Å². The quantitative estimate of drug-likeness (QED) is 0.772. The van der Waals surface area contributed by atoms with Crippen LogP contribution in [0.15, 0.2) is 22.6 Å². The molecule has 0 radical (unpaired) electrons. The molecule has 0 fully saturated rings. The summed E-state index contributed by atoms with van der Waals surface area (Å²) in [5, 5.41) is 7.22.